The molecule has 0 saturated heterocycles. The molecule has 1 aromatic heterocycles. The van der Waals surface area contributed by atoms with Gasteiger partial charge in [-0.05, 0) is 31.7 Å². The Bertz CT molecular complexity index is 431. The van der Waals surface area contributed by atoms with Crippen LogP contribution in [0, 0.1) is 0 Å². The van der Waals surface area contributed by atoms with Crippen molar-refractivity contribution >= 4 is 0 Å². The second-order valence-electron chi connectivity index (χ2n) is 6.99. The fraction of sp³-hybridized carbons (Fsp3) is 0.824. The van der Waals surface area contributed by atoms with Gasteiger partial charge in [0, 0.05) is 11.7 Å². The van der Waals surface area contributed by atoms with Gasteiger partial charge in [0.1, 0.15) is 0 Å². The van der Waals surface area contributed by atoms with Gasteiger partial charge in [0.15, 0.2) is 0 Å². The third-order valence-corrected chi connectivity index (χ3v) is 5.10. The number of aromatic nitrogens is 2. The van der Waals surface area contributed by atoms with Gasteiger partial charge < -0.3 is 10.5 Å². The summed E-state index contributed by atoms with van der Waals surface area (Å²) in [7, 11) is 0. The van der Waals surface area contributed by atoms with Crippen LogP contribution >= 0.6 is 0 Å². The summed E-state index contributed by atoms with van der Waals surface area (Å²) >= 11 is 0. The highest BCUT2D eigenvalue weighted by Gasteiger charge is 2.27. The fourth-order valence-electron chi connectivity index (χ4n) is 3.76. The third-order valence-electron chi connectivity index (χ3n) is 5.10. The zero-order valence-electron chi connectivity index (χ0n) is 13.1. The summed E-state index contributed by atoms with van der Waals surface area (Å²) < 4.78 is 8.01. The summed E-state index contributed by atoms with van der Waals surface area (Å²) in [6, 6.07) is 2.70. The molecule has 0 atom stereocenters. The van der Waals surface area contributed by atoms with E-state index in [2.05, 4.69) is 16.9 Å². The second-order valence-corrected chi connectivity index (χ2v) is 6.99. The van der Waals surface area contributed by atoms with Gasteiger partial charge in [0.05, 0.1) is 24.9 Å². The molecule has 2 N–H and O–H groups in total. The average Bonchev–Trinajstić information content (AvgIpc) is 2.98. The highest BCUT2D eigenvalue weighted by Crippen LogP contribution is 2.28. The SMILES string of the molecule is NC1(COCc2ccn(C3CCCCC3)n2)CCCCC1. The molecular formula is C17H29N3O. The molecule has 2 saturated carbocycles. The first-order valence-corrected chi connectivity index (χ1v) is 8.66. The predicted molar refractivity (Wildman–Crippen MR) is 84.0 cm³/mol. The molecule has 0 amide bonds. The van der Waals surface area contributed by atoms with E-state index in [1.54, 1.807) is 0 Å². The fourth-order valence-corrected chi connectivity index (χ4v) is 3.76. The lowest BCUT2D eigenvalue weighted by Gasteiger charge is -2.32. The molecule has 1 aromatic rings. The molecule has 0 aromatic carbocycles. The van der Waals surface area contributed by atoms with E-state index in [-0.39, 0.29) is 5.54 Å². The Kier molecular flexibility index (Phi) is 4.96. The van der Waals surface area contributed by atoms with Crippen LogP contribution in [0.4, 0.5) is 0 Å². The lowest BCUT2D eigenvalue weighted by atomic mass is 9.83. The first kappa shape index (κ1) is 15.0. The van der Waals surface area contributed by atoms with Crippen LogP contribution in [-0.4, -0.2) is 21.9 Å². The number of rotatable bonds is 5. The maximum Gasteiger partial charge on any atom is 0.0907 e. The Morgan fingerprint density at radius 2 is 1.86 bits per heavy atom. The van der Waals surface area contributed by atoms with Crippen molar-refractivity contribution in [3.05, 3.63) is 18.0 Å². The summed E-state index contributed by atoms with van der Waals surface area (Å²) in [6.07, 6.45) is 14.7. The summed E-state index contributed by atoms with van der Waals surface area (Å²) in [5, 5.41) is 4.69. The Morgan fingerprint density at radius 3 is 2.62 bits per heavy atom. The van der Waals surface area contributed by atoms with E-state index in [0.717, 1.165) is 18.5 Å². The van der Waals surface area contributed by atoms with Gasteiger partial charge in [-0.15, -0.1) is 0 Å². The van der Waals surface area contributed by atoms with Crippen molar-refractivity contribution in [2.75, 3.05) is 6.61 Å². The number of hydrogen-bond acceptors (Lipinski definition) is 3. The van der Waals surface area contributed by atoms with Crippen LogP contribution in [0.2, 0.25) is 0 Å². The van der Waals surface area contributed by atoms with Gasteiger partial charge in [-0.25, -0.2) is 0 Å². The highest BCUT2D eigenvalue weighted by molar-refractivity contribution is 4.99. The summed E-state index contributed by atoms with van der Waals surface area (Å²) in [5.74, 6) is 0. The van der Waals surface area contributed by atoms with Gasteiger partial charge >= 0.3 is 0 Å². The van der Waals surface area contributed by atoms with Crippen LogP contribution in [0.25, 0.3) is 0 Å². The molecule has 0 bridgehead atoms. The quantitative estimate of drug-likeness (QED) is 0.902. The van der Waals surface area contributed by atoms with Crippen molar-refractivity contribution in [1.82, 2.24) is 9.78 Å². The summed E-state index contributed by atoms with van der Waals surface area (Å²) in [4.78, 5) is 0. The van der Waals surface area contributed by atoms with Gasteiger partial charge in [-0.2, -0.15) is 5.10 Å². The largest absolute Gasteiger partial charge is 0.373 e. The Balaban J connectivity index is 1.46. The lowest BCUT2D eigenvalue weighted by Crippen LogP contribution is -2.46. The smallest absolute Gasteiger partial charge is 0.0907 e. The van der Waals surface area contributed by atoms with Gasteiger partial charge in [0.2, 0.25) is 0 Å². The van der Waals surface area contributed by atoms with E-state index in [1.165, 1.54) is 51.4 Å². The monoisotopic (exact) mass is 291 g/mol. The van der Waals surface area contributed by atoms with Crippen LogP contribution in [0.3, 0.4) is 0 Å². The van der Waals surface area contributed by atoms with E-state index in [0.29, 0.717) is 19.3 Å². The number of nitrogens with two attached hydrogens (primary N) is 1. The Labute approximate surface area is 128 Å². The molecule has 2 fully saturated rings. The highest BCUT2D eigenvalue weighted by atomic mass is 16.5. The molecule has 1 heterocycles. The first-order chi connectivity index (χ1) is 10.3. The molecule has 2 aliphatic rings. The number of nitrogens with zero attached hydrogens (tertiary/aromatic N) is 2. The number of hydrogen-bond donors (Lipinski definition) is 1. The molecule has 118 valence electrons. The van der Waals surface area contributed by atoms with Crippen LogP contribution in [0.5, 0.6) is 0 Å². The van der Waals surface area contributed by atoms with Crippen molar-refractivity contribution < 1.29 is 4.74 Å². The zero-order valence-corrected chi connectivity index (χ0v) is 13.1. The van der Waals surface area contributed by atoms with Crippen molar-refractivity contribution in [3.63, 3.8) is 0 Å². The van der Waals surface area contributed by atoms with E-state index in [9.17, 15) is 0 Å². The molecule has 0 radical (unpaired) electrons. The minimum Gasteiger partial charge on any atom is -0.373 e. The topological polar surface area (TPSA) is 53.1 Å². The Hall–Kier alpha value is -0.870. The molecule has 0 spiro atoms. The van der Waals surface area contributed by atoms with Crippen molar-refractivity contribution in [2.24, 2.45) is 5.73 Å². The van der Waals surface area contributed by atoms with Crippen molar-refractivity contribution in [1.29, 1.82) is 0 Å². The lowest BCUT2D eigenvalue weighted by molar-refractivity contribution is 0.0554. The van der Waals surface area contributed by atoms with E-state index < -0.39 is 0 Å². The molecule has 21 heavy (non-hydrogen) atoms. The van der Waals surface area contributed by atoms with E-state index in [4.69, 9.17) is 15.6 Å². The molecule has 0 aliphatic heterocycles. The first-order valence-electron chi connectivity index (χ1n) is 8.66. The van der Waals surface area contributed by atoms with Crippen LogP contribution in [0.1, 0.15) is 75.9 Å². The zero-order chi connectivity index (χ0) is 14.5. The van der Waals surface area contributed by atoms with Crippen LogP contribution in [-0.2, 0) is 11.3 Å². The molecule has 2 aliphatic carbocycles. The van der Waals surface area contributed by atoms with Crippen molar-refractivity contribution in [3.8, 4) is 0 Å². The molecular weight excluding hydrogens is 262 g/mol. The van der Waals surface area contributed by atoms with Gasteiger partial charge in [0.25, 0.3) is 0 Å². The van der Waals surface area contributed by atoms with Gasteiger partial charge in [-0.1, -0.05) is 38.5 Å². The number of ether oxygens (including phenoxy) is 1. The van der Waals surface area contributed by atoms with Crippen LogP contribution < -0.4 is 5.73 Å². The summed E-state index contributed by atoms with van der Waals surface area (Å²) in [5.41, 5.74) is 7.34. The Morgan fingerprint density at radius 1 is 1.14 bits per heavy atom. The minimum atomic E-state index is -0.0931. The average molecular weight is 291 g/mol. The second kappa shape index (κ2) is 6.93. The molecule has 0 unspecified atom stereocenters. The van der Waals surface area contributed by atoms with Crippen molar-refractivity contribution in [2.45, 2.75) is 82.4 Å². The van der Waals surface area contributed by atoms with Crippen LogP contribution in [0.15, 0.2) is 12.3 Å². The van der Waals surface area contributed by atoms with Gasteiger partial charge in [-0.3, -0.25) is 4.68 Å². The molecule has 4 nitrogen and oxygen atoms in total. The molecule has 3 rings (SSSR count). The maximum atomic E-state index is 6.39. The van der Waals surface area contributed by atoms with E-state index >= 15 is 0 Å². The van der Waals surface area contributed by atoms with E-state index in [1.807, 2.05) is 0 Å². The summed E-state index contributed by atoms with van der Waals surface area (Å²) in [6.45, 7) is 1.27. The predicted octanol–water partition coefficient (Wildman–Crippen LogP) is 3.57. The molecule has 4 heteroatoms. The normalized spacial score (nSPS) is 23.3. The standard InChI is InChI=1S/C17H29N3O/c18-17(10-5-2-6-11-17)14-21-13-15-9-12-20(19-15)16-7-3-1-4-8-16/h9,12,16H,1-8,10-11,13-14,18H2. The maximum absolute atomic E-state index is 6.39. The minimum absolute atomic E-state index is 0.0931. The third kappa shape index (κ3) is 4.07.